The van der Waals surface area contributed by atoms with E-state index >= 15 is 0 Å². The Kier molecular flexibility index (Phi) is 3.43. The van der Waals surface area contributed by atoms with E-state index in [0.717, 1.165) is 12.1 Å². The van der Waals surface area contributed by atoms with Crippen LogP contribution in [0.3, 0.4) is 0 Å². The number of para-hydroxylation sites is 1. The standard InChI is InChI=1S/C13H10F2N2O3/c14-7-4-5-8(16)11(10(7)15)17-13(20)6-2-1-3-9(18)12(6)19/h1-5,18-19H,16H2,(H,17,20). The van der Waals surface area contributed by atoms with Crippen molar-refractivity contribution in [3.8, 4) is 11.5 Å². The Bertz CT molecular complexity index is 690. The first kappa shape index (κ1) is 13.6. The number of rotatable bonds is 2. The van der Waals surface area contributed by atoms with Gasteiger partial charge in [0.15, 0.2) is 23.1 Å². The molecule has 20 heavy (non-hydrogen) atoms. The van der Waals surface area contributed by atoms with Crippen molar-refractivity contribution < 1.29 is 23.8 Å². The fraction of sp³-hybridized carbons (Fsp3) is 0. The topological polar surface area (TPSA) is 95.6 Å². The molecule has 7 heteroatoms. The van der Waals surface area contributed by atoms with Crippen molar-refractivity contribution in [1.29, 1.82) is 0 Å². The zero-order chi connectivity index (χ0) is 14.9. The van der Waals surface area contributed by atoms with Crippen LogP contribution in [0.5, 0.6) is 11.5 Å². The van der Waals surface area contributed by atoms with Crippen LogP contribution >= 0.6 is 0 Å². The molecule has 0 bridgehead atoms. The van der Waals surface area contributed by atoms with E-state index in [2.05, 4.69) is 5.32 Å². The van der Waals surface area contributed by atoms with E-state index in [9.17, 15) is 23.8 Å². The number of benzene rings is 2. The minimum absolute atomic E-state index is 0.170. The molecule has 0 unspecified atom stereocenters. The van der Waals surface area contributed by atoms with Crippen molar-refractivity contribution in [1.82, 2.24) is 0 Å². The second-order valence-electron chi connectivity index (χ2n) is 3.95. The normalized spacial score (nSPS) is 10.3. The van der Waals surface area contributed by atoms with Gasteiger partial charge >= 0.3 is 0 Å². The lowest BCUT2D eigenvalue weighted by Crippen LogP contribution is -2.15. The second-order valence-corrected chi connectivity index (χ2v) is 3.95. The minimum atomic E-state index is -1.31. The van der Waals surface area contributed by atoms with Gasteiger partial charge in [-0.1, -0.05) is 6.07 Å². The highest BCUT2D eigenvalue weighted by molar-refractivity contribution is 6.07. The zero-order valence-corrected chi connectivity index (χ0v) is 10.0. The molecule has 0 aliphatic carbocycles. The van der Waals surface area contributed by atoms with Crippen LogP contribution in [0.1, 0.15) is 10.4 Å². The molecule has 0 saturated carbocycles. The molecule has 5 N–H and O–H groups in total. The highest BCUT2D eigenvalue weighted by Gasteiger charge is 2.18. The van der Waals surface area contributed by atoms with E-state index in [1.807, 2.05) is 0 Å². The molecular weight excluding hydrogens is 270 g/mol. The average molecular weight is 280 g/mol. The lowest BCUT2D eigenvalue weighted by atomic mass is 10.1. The van der Waals surface area contributed by atoms with Gasteiger partial charge in [-0.2, -0.15) is 0 Å². The van der Waals surface area contributed by atoms with E-state index in [-0.39, 0.29) is 11.3 Å². The number of carbonyl (C=O) groups excluding carboxylic acids is 1. The van der Waals surface area contributed by atoms with Gasteiger partial charge in [0.1, 0.15) is 5.69 Å². The first-order valence-corrected chi connectivity index (χ1v) is 5.47. The van der Waals surface area contributed by atoms with E-state index < -0.39 is 34.7 Å². The van der Waals surface area contributed by atoms with Crippen molar-refractivity contribution >= 4 is 17.3 Å². The number of aromatic hydroxyl groups is 2. The summed E-state index contributed by atoms with van der Waals surface area (Å²) in [5.41, 5.74) is 4.45. The Morgan fingerprint density at radius 3 is 2.55 bits per heavy atom. The van der Waals surface area contributed by atoms with Gasteiger partial charge in [-0.25, -0.2) is 8.78 Å². The van der Waals surface area contributed by atoms with Gasteiger partial charge in [0.2, 0.25) is 0 Å². The summed E-state index contributed by atoms with van der Waals surface area (Å²) < 4.78 is 26.6. The minimum Gasteiger partial charge on any atom is -0.504 e. The van der Waals surface area contributed by atoms with E-state index in [4.69, 9.17) is 5.73 Å². The van der Waals surface area contributed by atoms with E-state index in [0.29, 0.717) is 0 Å². The van der Waals surface area contributed by atoms with Crippen LogP contribution in [0.2, 0.25) is 0 Å². The maximum absolute atomic E-state index is 13.5. The molecule has 5 nitrogen and oxygen atoms in total. The van der Waals surface area contributed by atoms with Gasteiger partial charge in [0, 0.05) is 0 Å². The molecule has 0 aromatic heterocycles. The summed E-state index contributed by atoms with van der Waals surface area (Å²) in [4.78, 5) is 11.9. The molecule has 2 rings (SSSR count). The van der Waals surface area contributed by atoms with Crippen LogP contribution in [0.25, 0.3) is 0 Å². The molecule has 0 aliphatic rings. The first-order chi connectivity index (χ1) is 9.41. The van der Waals surface area contributed by atoms with Gasteiger partial charge in [0.05, 0.1) is 11.3 Å². The Labute approximate surface area is 112 Å². The molecule has 1 amide bonds. The van der Waals surface area contributed by atoms with Crippen LogP contribution < -0.4 is 11.1 Å². The molecule has 0 saturated heterocycles. The largest absolute Gasteiger partial charge is 0.504 e. The predicted octanol–water partition coefficient (Wildman–Crippen LogP) is 2.21. The monoisotopic (exact) mass is 280 g/mol. The van der Waals surface area contributed by atoms with E-state index in [1.165, 1.54) is 18.2 Å². The number of hydrogen-bond donors (Lipinski definition) is 4. The molecule has 0 radical (unpaired) electrons. The van der Waals surface area contributed by atoms with Crippen molar-refractivity contribution in [2.75, 3.05) is 11.1 Å². The van der Waals surface area contributed by atoms with Gasteiger partial charge in [-0.3, -0.25) is 4.79 Å². The van der Waals surface area contributed by atoms with Gasteiger partial charge < -0.3 is 21.3 Å². The SMILES string of the molecule is Nc1ccc(F)c(F)c1NC(=O)c1cccc(O)c1O. The Morgan fingerprint density at radius 1 is 1.15 bits per heavy atom. The maximum Gasteiger partial charge on any atom is 0.259 e. The number of halogens is 2. The number of carbonyl (C=O) groups is 1. The molecule has 0 spiro atoms. The highest BCUT2D eigenvalue weighted by atomic mass is 19.2. The average Bonchev–Trinajstić information content (AvgIpc) is 2.42. The summed E-state index contributed by atoms with van der Waals surface area (Å²) in [6.07, 6.45) is 0. The lowest BCUT2D eigenvalue weighted by molar-refractivity contribution is 0.102. The number of phenols is 2. The smallest absolute Gasteiger partial charge is 0.259 e. The van der Waals surface area contributed by atoms with Crippen LogP contribution in [0, 0.1) is 11.6 Å². The van der Waals surface area contributed by atoms with Gasteiger partial charge in [-0.15, -0.1) is 0 Å². The number of anilines is 2. The van der Waals surface area contributed by atoms with Crippen molar-refractivity contribution in [3.63, 3.8) is 0 Å². The fourth-order valence-electron chi connectivity index (χ4n) is 1.59. The third-order valence-electron chi connectivity index (χ3n) is 2.62. The maximum atomic E-state index is 13.5. The Balaban J connectivity index is 2.38. The number of hydrogen-bond acceptors (Lipinski definition) is 4. The zero-order valence-electron chi connectivity index (χ0n) is 10.0. The van der Waals surface area contributed by atoms with Crippen LogP contribution in [-0.4, -0.2) is 16.1 Å². The predicted molar refractivity (Wildman–Crippen MR) is 68.5 cm³/mol. The molecule has 0 heterocycles. The second kappa shape index (κ2) is 5.04. The summed E-state index contributed by atoms with van der Waals surface area (Å²) >= 11 is 0. The number of amides is 1. The van der Waals surface area contributed by atoms with Crippen LogP contribution in [-0.2, 0) is 0 Å². The van der Waals surface area contributed by atoms with Gasteiger partial charge in [-0.05, 0) is 24.3 Å². The number of nitrogen functional groups attached to an aromatic ring is 1. The highest BCUT2D eigenvalue weighted by Crippen LogP contribution is 2.30. The number of nitrogens with one attached hydrogen (secondary N) is 1. The van der Waals surface area contributed by atoms with E-state index in [1.54, 1.807) is 0 Å². The summed E-state index contributed by atoms with van der Waals surface area (Å²) in [6, 6.07) is 5.61. The first-order valence-electron chi connectivity index (χ1n) is 5.47. The molecule has 104 valence electrons. The van der Waals surface area contributed by atoms with Crippen LogP contribution in [0.4, 0.5) is 20.2 Å². The Hall–Kier alpha value is -2.83. The third kappa shape index (κ3) is 2.33. The van der Waals surface area contributed by atoms with Crippen molar-refractivity contribution in [2.45, 2.75) is 0 Å². The molecular formula is C13H10F2N2O3. The third-order valence-corrected chi connectivity index (χ3v) is 2.62. The summed E-state index contributed by atoms with van der Waals surface area (Å²) in [5.74, 6) is -4.59. The number of phenolic OH excluding ortho intramolecular Hbond substituents is 2. The number of nitrogens with two attached hydrogens (primary N) is 1. The fourth-order valence-corrected chi connectivity index (χ4v) is 1.59. The molecule has 0 aliphatic heterocycles. The summed E-state index contributed by atoms with van der Waals surface area (Å²) in [6.45, 7) is 0. The van der Waals surface area contributed by atoms with Crippen molar-refractivity contribution in [2.24, 2.45) is 0 Å². The Morgan fingerprint density at radius 2 is 1.85 bits per heavy atom. The lowest BCUT2D eigenvalue weighted by Gasteiger charge is -2.11. The molecule has 0 fully saturated rings. The molecule has 2 aromatic rings. The summed E-state index contributed by atoms with van der Waals surface area (Å²) in [5, 5.41) is 20.9. The van der Waals surface area contributed by atoms with Crippen molar-refractivity contribution in [3.05, 3.63) is 47.5 Å². The molecule has 0 atom stereocenters. The summed E-state index contributed by atoms with van der Waals surface area (Å²) in [7, 11) is 0. The van der Waals surface area contributed by atoms with Crippen LogP contribution in [0.15, 0.2) is 30.3 Å². The molecule has 2 aromatic carbocycles. The quantitative estimate of drug-likeness (QED) is 0.501. The van der Waals surface area contributed by atoms with Gasteiger partial charge in [0.25, 0.3) is 5.91 Å².